The molecule has 0 N–H and O–H groups in total. The van der Waals surface area contributed by atoms with E-state index in [1.54, 1.807) is 0 Å². The lowest BCUT2D eigenvalue weighted by Gasteiger charge is -1.96. The normalized spacial score (nSPS) is 12.2. The van der Waals surface area contributed by atoms with Gasteiger partial charge >= 0.3 is 0 Å². The summed E-state index contributed by atoms with van der Waals surface area (Å²) in [7, 11) is 0. The molecule has 0 aliphatic carbocycles. The van der Waals surface area contributed by atoms with Crippen LogP contribution in [0.1, 0.15) is 6.92 Å². The summed E-state index contributed by atoms with van der Waals surface area (Å²) < 4.78 is 0. The van der Waals surface area contributed by atoms with Gasteiger partial charge in [-0.15, -0.1) is 5.73 Å². The predicted molar refractivity (Wildman–Crippen MR) is 41.0 cm³/mol. The Morgan fingerprint density at radius 3 is 2.88 bits per heavy atom. The van der Waals surface area contributed by atoms with Crippen LogP contribution in [0.15, 0.2) is 18.4 Å². The van der Waals surface area contributed by atoms with E-state index in [1.807, 2.05) is 6.08 Å². The maximum absolute atomic E-state index is 3.47. The Balaban J connectivity index is 3.31. The van der Waals surface area contributed by atoms with Crippen LogP contribution in [0.3, 0.4) is 0 Å². The first-order chi connectivity index (χ1) is 3.81. The molecule has 0 aliphatic rings. The summed E-state index contributed by atoms with van der Waals surface area (Å²) in [6, 6.07) is 0. The smallest absolute Gasteiger partial charge is 0.00685 e. The Morgan fingerprint density at radius 1 is 1.88 bits per heavy atom. The minimum atomic E-state index is 0.492. The molecule has 0 fully saturated rings. The van der Waals surface area contributed by atoms with Crippen molar-refractivity contribution in [1.82, 2.24) is 0 Å². The molecule has 0 saturated carbocycles. The highest BCUT2D eigenvalue weighted by Crippen LogP contribution is 2.02. The molecule has 8 heavy (non-hydrogen) atoms. The zero-order valence-corrected chi connectivity index (χ0v) is 6.61. The van der Waals surface area contributed by atoms with E-state index in [0.29, 0.717) is 5.92 Å². The van der Waals surface area contributed by atoms with Crippen LogP contribution < -0.4 is 0 Å². The van der Waals surface area contributed by atoms with Gasteiger partial charge in [0.05, 0.1) is 0 Å². The molecule has 0 saturated heterocycles. The number of hydrogen-bond donors (Lipinski definition) is 0. The lowest BCUT2D eigenvalue weighted by molar-refractivity contribution is 0.864. The lowest BCUT2D eigenvalue weighted by atomic mass is 10.1. The van der Waals surface area contributed by atoms with Crippen LogP contribution in [0, 0.1) is 12.3 Å². The number of rotatable bonds is 3. The summed E-state index contributed by atoms with van der Waals surface area (Å²) in [5, 5.41) is 0.937. The maximum Gasteiger partial charge on any atom is 0.00685 e. The van der Waals surface area contributed by atoms with Gasteiger partial charge in [-0.2, -0.15) is 0 Å². The first-order valence-electron chi connectivity index (χ1n) is 2.56. The van der Waals surface area contributed by atoms with Crippen molar-refractivity contribution in [1.29, 1.82) is 0 Å². The van der Waals surface area contributed by atoms with E-state index >= 15 is 0 Å². The standard InChI is InChI=1S/C7H10Br/c1-3-4-7(2)5-6-8/h4-5,7H,1,6H2,2H3. The lowest BCUT2D eigenvalue weighted by Crippen LogP contribution is -1.89. The quantitative estimate of drug-likeness (QED) is 0.455. The van der Waals surface area contributed by atoms with Crippen LogP contribution in [0.25, 0.3) is 0 Å². The summed E-state index contributed by atoms with van der Waals surface area (Å²) in [6.45, 7) is 5.56. The third-order valence-electron chi connectivity index (χ3n) is 0.842. The van der Waals surface area contributed by atoms with Crippen LogP contribution in [0.2, 0.25) is 0 Å². The zero-order valence-electron chi connectivity index (χ0n) is 5.02. The molecular formula is C7H10Br. The zero-order chi connectivity index (χ0) is 6.41. The molecule has 0 aromatic carbocycles. The SMILES string of the molecule is C=C=CC(C)[CH]CBr. The molecule has 0 rings (SSSR count). The molecule has 0 amide bonds. The summed E-state index contributed by atoms with van der Waals surface area (Å²) in [5.41, 5.74) is 2.73. The molecule has 1 unspecified atom stereocenters. The highest BCUT2D eigenvalue weighted by Gasteiger charge is 1.91. The van der Waals surface area contributed by atoms with E-state index in [-0.39, 0.29) is 0 Å². The van der Waals surface area contributed by atoms with Crippen molar-refractivity contribution in [3.63, 3.8) is 0 Å². The molecular weight excluding hydrogens is 164 g/mol. The molecule has 0 spiro atoms. The molecule has 0 nitrogen and oxygen atoms in total. The summed E-state index contributed by atoms with van der Waals surface area (Å²) in [6.07, 6.45) is 4.07. The van der Waals surface area contributed by atoms with Crippen molar-refractivity contribution < 1.29 is 0 Å². The molecule has 0 aromatic rings. The van der Waals surface area contributed by atoms with Crippen LogP contribution in [-0.2, 0) is 0 Å². The molecule has 0 aromatic heterocycles. The van der Waals surface area contributed by atoms with Crippen molar-refractivity contribution in [3.8, 4) is 0 Å². The molecule has 1 atom stereocenters. The van der Waals surface area contributed by atoms with Crippen LogP contribution in [0.5, 0.6) is 0 Å². The number of hydrogen-bond acceptors (Lipinski definition) is 0. The fraction of sp³-hybridized carbons (Fsp3) is 0.429. The molecule has 0 aliphatic heterocycles. The number of allylic oxidation sites excluding steroid dienone is 1. The minimum absolute atomic E-state index is 0.492. The Bertz CT molecular complexity index is 90.6. The van der Waals surface area contributed by atoms with E-state index < -0.39 is 0 Å². The van der Waals surface area contributed by atoms with E-state index in [2.05, 4.69) is 41.6 Å². The topological polar surface area (TPSA) is 0 Å². The third kappa shape index (κ3) is 4.17. The van der Waals surface area contributed by atoms with E-state index in [4.69, 9.17) is 0 Å². The molecule has 45 valence electrons. The van der Waals surface area contributed by atoms with Crippen molar-refractivity contribution in [3.05, 3.63) is 24.8 Å². The van der Waals surface area contributed by atoms with Crippen molar-refractivity contribution in [2.24, 2.45) is 5.92 Å². The van der Waals surface area contributed by atoms with Crippen molar-refractivity contribution >= 4 is 15.9 Å². The summed E-state index contributed by atoms with van der Waals surface area (Å²) in [5.74, 6) is 0.492. The second-order valence-corrected chi connectivity index (χ2v) is 2.27. The van der Waals surface area contributed by atoms with Crippen LogP contribution in [-0.4, -0.2) is 5.33 Å². The Morgan fingerprint density at radius 2 is 2.50 bits per heavy atom. The molecule has 0 heterocycles. The van der Waals surface area contributed by atoms with E-state index in [1.165, 1.54) is 0 Å². The Labute approximate surface area is 59.4 Å². The Kier molecular flexibility index (Phi) is 5.14. The average molecular weight is 174 g/mol. The van der Waals surface area contributed by atoms with Gasteiger partial charge in [0.15, 0.2) is 0 Å². The fourth-order valence-corrected chi connectivity index (χ4v) is 0.984. The number of halogens is 1. The van der Waals surface area contributed by atoms with Gasteiger partial charge in [-0.3, -0.25) is 0 Å². The fourth-order valence-electron chi connectivity index (χ4n) is 0.394. The predicted octanol–water partition coefficient (Wildman–Crippen LogP) is 2.56. The number of alkyl halides is 1. The van der Waals surface area contributed by atoms with E-state index in [0.717, 1.165) is 5.33 Å². The Hall–Kier alpha value is 0. The summed E-state index contributed by atoms with van der Waals surface area (Å²) >= 11 is 3.30. The minimum Gasteiger partial charge on any atom is -0.133 e. The van der Waals surface area contributed by atoms with Gasteiger partial charge in [-0.25, -0.2) is 0 Å². The maximum atomic E-state index is 3.47. The first kappa shape index (κ1) is 8.00. The van der Waals surface area contributed by atoms with Gasteiger partial charge in [-0.05, 0) is 18.4 Å². The largest absolute Gasteiger partial charge is 0.133 e. The average Bonchev–Trinajstić information content (AvgIpc) is 1.68. The first-order valence-corrected chi connectivity index (χ1v) is 3.68. The molecule has 0 bridgehead atoms. The van der Waals surface area contributed by atoms with Gasteiger partial charge in [0.25, 0.3) is 0 Å². The second kappa shape index (κ2) is 5.14. The monoisotopic (exact) mass is 173 g/mol. The van der Waals surface area contributed by atoms with Crippen LogP contribution in [0.4, 0.5) is 0 Å². The van der Waals surface area contributed by atoms with Crippen molar-refractivity contribution in [2.75, 3.05) is 5.33 Å². The van der Waals surface area contributed by atoms with Gasteiger partial charge in [0, 0.05) is 5.33 Å². The highest BCUT2D eigenvalue weighted by molar-refractivity contribution is 9.09. The van der Waals surface area contributed by atoms with E-state index in [9.17, 15) is 0 Å². The highest BCUT2D eigenvalue weighted by atomic mass is 79.9. The van der Waals surface area contributed by atoms with Gasteiger partial charge < -0.3 is 0 Å². The molecule has 1 heteroatoms. The van der Waals surface area contributed by atoms with Gasteiger partial charge in [0.1, 0.15) is 0 Å². The van der Waals surface area contributed by atoms with Crippen molar-refractivity contribution in [2.45, 2.75) is 6.92 Å². The third-order valence-corrected chi connectivity index (χ3v) is 1.22. The molecule has 1 radical (unpaired) electrons. The van der Waals surface area contributed by atoms with Gasteiger partial charge in [-0.1, -0.05) is 29.4 Å². The van der Waals surface area contributed by atoms with Crippen LogP contribution >= 0.6 is 15.9 Å². The summed E-state index contributed by atoms with van der Waals surface area (Å²) in [4.78, 5) is 0. The van der Waals surface area contributed by atoms with Gasteiger partial charge in [0.2, 0.25) is 0 Å². The second-order valence-electron chi connectivity index (χ2n) is 1.62.